The Morgan fingerprint density at radius 2 is 1.81 bits per heavy atom. The summed E-state index contributed by atoms with van der Waals surface area (Å²) in [5.74, 6) is -0.0457. The molecule has 0 fully saturated rings. The van der Waals surface area contributed by atoms with Gasteiger partial charge in [-0.1, -0.05) is 18.2 Å². The average molecular weight is 403 g/mol. The highest BCUT2D eigenvalue weighted by Gasteiger charge is 2.18. The van der Waals surface area contributed by atoms with Gasteiger partial charge in [0, 0.05) is 18.3 Å². The lowest BCUT2D eigenvalue weighted by Crippen LogP contribution is -2.26. The van der Waals surface area contributed by atoms with Crippen LogP contribution >= 0.6 is 11.3 Å². The van der Waals surface area contributed by atoms with Gasteiger partial charge in [0.05, 0.1) is 6.20 Å². The largest absolute Gasteiger partial charge is 0.380 e. The van der Waals surface area contributed by atoms with E-state index in [1.807, 2.05) is 31.2 Å². The van der Waals surface area contributed by atoms with E-state index in [4.69, 9.17) is 5.14 Å². The van der Waals surface area contributed by atoms with Crippen LogP contribution in [0.4, 0.5) is 5.69 Å². The van der Waals surface area contributed by atoms with Crippen LogP contribution in [0.3, 0.4) is 0 Å². The van der Waals surface area contributed by atoms with Crippen molar-refractivity contribution in [2.45, 2.75) is 6.92 Å². The highest BCUT2D eigenvalue weighted by molar-refractivity contribution is 7.84. The van der Waals surface area contributed by atoms with E-state index in [0.717, 1.165) is 16.8 Å². The van der Waals surface area contributed by atoms with Crippen LogP contribution < -0.4 is 14.2 Å². The molecule has 0 radical (unpaired) electrons. The Hall–Kier alpha value is -2.75. The van der Waals surface area contributed by atoms with Crippen molar-refractivity contribution in [3.63, 3.8) is 0 Å². The Balaban J connectivity index is 1.80. The number of amides is 1. The molecule has 0 aliphatic carbocycles. The van der Waals surface area contributed by atoms with Crippen LogP contribution in [0, 0.1) is 6.92 Å². The van der Waals surface area contributed by atoms with E-state index in [0.29, 0.717) is 9.88 Å². The summed E-state index contributed by atoms with van der Waals surface area (Å²) in [5, 5.41) is 5.48. The standard InChI is InChI=1S/C18H17N3O4S2/c1-12-5-3-4-6-15(12)21(2)18(22)16-11-20-17(26-16)13-7-9-14(10-8-13)25-27(19,23)24/h3-11H,1-2H3,(H2,19,23,24). The van der Waals surface area contributed by atoms with Crippen molar-refractivity contribution in [2.24, 2.45) is 5.14 Å². The molecule has 1 heterocycles. The molecule has 2 N–H and O–H groups in total. The maximum Gasteiger partial charge on any atom is 0.380 e. The average Bonchev–Trinajstić information content (AvgIpc) is 3.10. The Morgan fingerprint density at radius 3 is 2.44 bits per heavy atom. The van der Waals surface area contributed by atoms with Crippen molar-refractivity contribution in [1.29, 1.82) is 0 Å². The normalized spacial score (nSPS) is 11.2. The molecule has 3 rings (SSSR count). The first-order valence-corrected chi connectivity index (χ1v) is 10.2. The lowest BCUT2D eigenvalue weighted by Gasteiger charge is -2.18. The van der Waals surface area contributed by atoms with Gasteiger partial charge in [-0.3, -0.25) is 4.79 Å². The fraction of sp³-hybridized carbons (Fsp3) is 0.111. The number of thiazole rings is 1. The molecule has 0 atom stereocenters. The molecule has 0 aliphatic heterocycles. The van der Waals surface area contributed by atoms with Crippen molar-refractivity contribution >= 4 is 33.2 Å². The molecular weight excluding hydrogens is 386 g/mol. The van der Waals surface area contributed by atoms with Crippen molar-refractivity contribution in [3.05, 3.63) is 65.2 Å². The number of carbonyl (C=O) groups is 1. The van der Waals surface area contributed by atoms with E-state index < -0.39 is 10.3 Å². The minimum absolute atomic E-state index is 0.105. The maximum absolute atomic E-state index is 12.7. The van der Waals surface area contributed by atoms with E-state index in [-0.39, 0.29) is 11.7 Å². The number of nitrogens with two attached hydrogens (primary N) is 1. The number of carbonyl (C=O) groups excluding carboxylic acids is 1. The Labute approximate surface area is 161 Å². The van der Waals surface area contributed by atoms with Crippen molar-refractivity contribution in [3.8, 4) is 16.3 Å². The molecule has 7 nitrogen and oxygen atoms in total. The summed E-state index contributed by atoms with van der Waals surface area (Å²) in [6.07, 6.45) is 1.53. The zero-order valence-electron chi connectivity index (χ0n) is 14.6. The molecule has 27 heavy (non-hydrogen) atoms. The number of hydrogen-bond donors (Lipinski definition) is 1. The number of benzene rings is 2. The lowest BCUT2D eigenvalue weighted by molar-refractivity contribution is 0.0996. The Kier molecular flexibility index (Phi) is 5.26. The second kappa shape index (κ2) is 7.47. The van der Waals surface area contributed by atoms with Crippen LogP contribution in [0.5, 0.6) is 5.75 Å². The van der Waals surface area contributed by atoms with Gasteiger partial charge in [-0.2, -0.15) is 13.6 Å². The smallest absolute Gasteiger partial charge is 0.371 e. The molecule has 0 spiro atoms. The highest BCUT2D eigenvalue weighted by Crippen LogP contribution is 2.29. The molecule has 0 saturated heterocycles. The fourth-order valence-electron chi connectivity index (χ4n) is 2.51. The predicted molar refractivity (Wildman–Crippen MR) is 105 cm³/mol. The van der Waals surface area contributed by atoms with Crippen LogP contribution in [-0.4, -0.2) is 26.4 Å². The van der Waals surface area contributed by atoms with Gasteiger partial charge in [0.15, 0.2) is 0 Å². The van der Waals surface area contributed by atoms with Crippen LogP contribution in [-0.2, 0) is 10.3 Å². The molecule has 1 aromatic heterocycles. The summed E-state index contributed by atoms with van der Waals surface area (Å²) in [6, 6.07) is 13.9. The van der Waals surface area contributed by atoms with E-state index in [9.17, 15) is 13.2 Å². The molecule has 0 aliphatic rings. The minimum atomic E-state index is -4.06. The molecule has 2 aromatic carbocycles. The number of aryl methyl sites for hydroxylation is 1. The fourth-order valence-corrected chi connectivity index (χ4v) is 3.78. The Morgan fingerprint density at radius 1 is 1.15 bits per heavy atom. The second-order valence-electron chi connectivity index (χ2n) is 5.78. The highest BCUT2D eigenvalue weighted by atomic mass is 32.2. The van der Waals surface area contributed by atoms with Crippen LogP contribution in [0.1, 0.15) is 15.2 Å². The number of hydrogen-bond acceptors (Lipinski definition) is 6. The summed E-state index contributed by atoms with van der Waals surface area (Å²) >= 11 is 1.26. The van der Waals surface area contributed by atoms with Crippen molar-refractivity contribution in [1.82, 2.24) is 4.98 Å². The number of nitrogens with zero attached hydrogens (tertiary/aromatic N) is 2. The quantitative estimate of drug-likeness (QED) is 0.705. The molecule has 0 saturated carbocycles. The first-order valence-electron chi connectivity index (χ1n) is 7.87. The van der Waals surface area contributed by atoms with Gasteiger partial charge in [0.2, 0.25) is 0 Å². The van der Waals surface area contributed by atoms with E-state index in [1.54, 1.807) is 24.1 Å². The van der Waals surface area contributed by atoms with E-state index >= 15 is 0 Å². The molecule has 3 aromatic rings. The van der Waals surface area contributed by atoms with Gasteiger partial charge in [-0.15, -0.1) is 11.3 Å². The molecular formula is C18H17N3O4S2. The first-order chi connectivity index (χ1) is 12.7. The summed E-state index contributed by atoms with van der Waals surface area (Å²) in [5.41, 5.74) is 2.57. The maximum atomic E-state index is 12.7. The zero-order valence-corrected chi connectivity index (χ0v) is 16.3. The molecule has 1 amide bonds. The molecule has 0 bridgehead atoms. The van der Waals surface area contributed by atoms with E-state index in [1.165, 1.54) is 29.7 Å². The van der Waals surface area contributed by atoms with Gasteiger partial charge >= 0.3 is 10.3 Å². The van der Waals surface area contributed by atoms with Crippen LogP contribution in [0.25, 0.3) is 10.6 Å². The summed E-state index contributed by atoms with van der Waals surface area (Å²) < 4.78 is 26.5. The molecule has 140 valence electrons. The SMILES string of the molecule is Cc1ccccc1N(C)C(=O)c1cnc(-c2ccc(OS(N)(=O)=O)cc2)s1. The monoisotopic (exact) mass is 403 g/mol. The topological polar surface area (TPSA) is 103 Å². The third kappa shape index (κ3) is 4.51. The van der Waals surface area contributed by atoms with Crippen molar-refractivity contribution < 1.29 is 17.4 Å². The van der Waals surface area contributed by atoms with Gasteiger partial charge in [-0.05, 0) is 42.8 Å². The van der Waals surface area contributed by atoms with Crippen LogP contribution in [0.15, 0.2) is 54.7 Å². The number of aromatic nitrogens is 1. The van der Waals surface area contributed by atoms with Gasteiger partial charge in [0.25, 0.3) is 5.91 Å². The van der Waals surface area contributed by atoms with Crippen LogP contribution in [0.2, 0.25) is 0 Å². The molecule has 9 heteroatoms. The van der Waals surface area contributed by atoms with Gasteiger partial charge in [-0.25, -0.2) is 4.98 Å². The van der Waals surface area contributed by atoms with Gasteiger partial charge in [0.1, 0.15) is 15.6 Å². The van der Waals surface area contributed by atoms with Gasteiger partial charge < -0.3 is 9.08 Å². The third-order valence-electron chi connectivity index (χ3n) is 3.81. The second-order valence-corrected chi connectivity index (χ2v) is 7.96. The predicted octanol–water partition coefficient (Wildman–Crippen LogP) is 2.98. The lowest BCUT2D eigenvalue weighted by atomic mass is 10.2. The number of anilines is 1. The Bertz CT molecular complexity index is 1080. The molecule has 0 unspecified atom stereocenters. The van der Waals surface area contributed by atoms with Crippen molar-refractivity contribution in [2.75, 3.05) is 11.9 Å². The summed E-state index contributed by atoms with van der Waals surface area (Å²) in [7, 11) is -2.34. The number of rotatable bonds is 5. The summed E-state index contributed by atoms with van der Waals surface area (Å²) in [6.45, 7) is 1.95. The third-order valence-corrected chi connectivity index (χ3v) is 5.27. The number of para-hydroxylation sites is 1. The summed E-state index contributed by atoms with van der Waals surface area (Å²) in [4.78, 5) is 19.1. The first kappa shape index (κ1) is 19.0. The van der Waals surface area contributed by atoms with E-state index in [2.05, 4.69) is 9.17 Å². The minimum Gasteiger partial charge on any atom is -0.371 e. The zero-order chi connectivity index (χ0) is 19.6.